The van der Waals surface area contributed by atoms with Gasteiger partial charge in [0.25, 0.3) is 0 Å². The lowest BCUT2D eigenvalue weighted by atomic mass is 10.3. The van der Waals surface area contributed by atoms with Gasteiger partial charge in [-0.05, 0) is 13.0 Å². The van der Waals surface area contributed by atoms with Crippen LogP contribution in [0.3, 0.4) is 0 Å². The summed E-state index contributed by atoms with van der Waals surface area (Å²) in [6, 6.07) is 1.62. The largest absolute Gasteiger partial charge is 0.347 e. The maximum absolute atomic E-state index is 11.5. The number of carbonyl (C=O) groups is 1. The second kappa shape index (κ2) is 5.41. The molecule has 1 N–H and O–H groups in total. The highest BCUT2D eigenvalue weighted by Gasteiger charge is 2.13. The van der Waals surface area contributed by atoms with Gasteiger partial charge in [0.1, 0.15) is 6.33 Å². The van der Waals surface area contributed by atoms with E-state index < -0.39 is 0 Å². The highest BCUT2D eigenvalue weighted by Crippen LogP contribution is 1.93. The van der Waals surface area contributed by atoms with Crippen molar-refractivity contribution < 1.29 is 4.79 Å². The van der Waals surface area contributed by atoms with Gasteiger partial charge in [0, 0.05) is 26.8 Å². The predicted molar refractivity (Wildman–Crippen MR) is 57.0 cm³/mol. The third-order valence-corrected chi connectivity index (χ3v) is 2.04. The molecular formula is C10H16N4O. The van der Waals surface area contributed by atoms with E-state index in [1.54, 1.807) is 25.2 Å². The molecule has 0 fully saturated rings. The molecule has 15 heavy (non-hydrogen) atoms. The van der Waals surface area contributed by atoms with Crippen molar-refractivity contribution in [2.45, 2.75) is 19.5 Å². The van der Waals surface area contributed by atoms with Crippen LogP contribution in [0.4, 0.5) is 0 Å². The molecule has 1 amide bonds. The Morgan fingerprint density at radius 3 is 2.87 bits per heavy atom. The van der Waals surface area contributed by atoms with Crippen LogP contribution in [0.2, 0.25) is 0 Å². The molecule has 5 nitrogen and oxygen atoms in total. The van der Waals surface area contributed by atoms with E-state index in [4.69, 9.17) is 0 Å². The average molecular weight is 208 g/mol. The summed E-state index contributed by atoms with van der Waals surface area (Å²) in [6.45, 7) is 2.41. The number of nitrogens with one attached hydrogen (secondary N) is 1. The molecule has 0 bridgehead atoms. The van der Waals surface area contributed by atoms with Gasteiger partial charge >= 0.3 is 0 Å². The van der Waals surface area contributed by atoms with Crippen molar-refractivity contribution in [1.29, 1.82) is 0 Å². The van der Waals surface area contributed by atoms with E-state index in [1.165, 1.54) is 6.33 Å². The lowest BCUT2D eigenvalue weighted by molar-refractivity contribution is -0.130. The zero-order chi connectivity index (χ0) is 11.3. The average Bonchev–Trinajstić information content (AvgIpc) is 2.26. The molecule has 82 valence electrons. The molecule has 0 aliphatic rings. The summed E-state index contributed by atoms with van der Waals surface area (Å²) in [5.74, 6) is 0.0593. The van der Waals surface area contributed by atoms with Crippen LogP contribution in [-0.2, 0) is 11.3 Å². The van der Waals surface area contributed by atoms with E-state index in [2.05, 4.69) is 15.3 Å². The Kier molecular flexibility index (Phi) is 4.17. The second-order valence-electron chi connectivity index (χ2n) is 3.54. The predicted octanol–water partition coefficient (Wildman–Crippen LogP) is 0.0429. The first-order chi connectivity index (χ1) is 7.11. The molecule has 1 unspecified atom stereocenters. The number of hydrogen-bond acceptors (Lipinski definition) is 4. The number of hydrogen-bond donors (Lipinski definition) is 1. The van der Waals surface area contributed by atoms with Crippen LogP contribution in [0.15, 0.2) is 18.6 Å². The fraction of sp³-hybridized carbons (Fsp3) is 0.500. The van der Waals surface area contributed by atoms with Gasteiger partial charge in [-0.3, -0.25) is 4.79 Å². The summed E-state index contributed by atoms with van der Waals surface area (Å²) < 4.78 is 0. The number of likely N-dealkylation sites (N-methyl/N-ethyl adjacent to an activating group) is 1. The van der Waals surface area contributed by atoms with Crippen molar-refractivity contribution in [2.75, 3.05) is 14.1 Å². The Hall–Kier alpha value is -1.49. The Bertz CT molecular complexity index is 312. The molecule has 0 aliphatic heterocycles. The van der Waals surface area contributed by atoms with Crippen LogP contribution in [0.1, 0.15) is 12.6 Å². The minimum absolute atomic E-state index is 0.0593. The van der Waals surface area contributed by atoms with E-state index in [1.807, 2.05) is 13.0 Å². The van der Waals surface area contributed by atoms with E-state index in [0.29, 0.717) is 6.54 Å². The third-order valence-electron chi connectivity index (χ3n) is 2.04. The number of rotatable bonds is 4. The first kappa shape index (κ1) is 11.6. The van der Waals surface area contributed by atoms with Gasteiger partial charge in [0.15, 0.2) is 0 Å². The maximum Gasteiger partial charge on any atom is 0.238 e. The summed E-state index contributed by atoms with van der Waals surface area (Å²) in [5.41, 5.74) is 0.878. The SMILES string of the molecule is CC(NCc1ccncn1)C(=O)N(C)C. The number of nitrogens with zero attached hydrogens (tertiary/aromatic N) is 3. The van der Waals surface area contributed by atoms with Crippen LogP contribution < -0.4 is 5.32 Å². The van der Waals surface area contributed by atoms with Gasteiger partial charge in [-0.25, -0.2) is 9.97 Å². The van der Waals surface area contributed by atoms with Gasteiger partial charge in [0.05, 0.1) is 11.7 Å². The van der Waals surface area contributed by atoms with Gasteiger partial charge in [-0.15, -0.1) is 0 Å². The molecule has 1 aromatic rings. The summed E-state index contributed by atoms with van der Waals surface area (Å²) in [4.78, 5) is 20.9. The molecule has 1 atom stereocenters. The van der Waals surface area contributed by atoms with E-state index >= 15 is 0 Å². The van der Waals surface area contributed by atoms with Crippen LogP contribution in [0.5, 0.6) is 0 Å². The molecule has 1 aromatic heterocycles. The molecule has 0 spiro atoms. The van der Waals surface area contributed by atoms with Gasteiger partial charge in [0.2, 0.25) is 5.91 Å². The molecule has 0 aromatic carbocycles. The molecule has 0 radical (unpaired) electrons. The van der Waals surface area contributed by atoms with Crippen molar-refractivity contribution in [1.82, 2.24) is 20.2 Å². The molecule has 1 rings (SSSR count). The summed E-state index contributed by atoms with van der Waals surface area (Å²) in [6.07, 6.45) is 3.18. The van der Waals surface area contributed by atoms with Crippen molar-refractivity contribution in [3.05, 3.63) is 24.3 Å². The molecular weight excluding hydrogens is 192 g/mol. The van der Waals surface area contributed by atoms with Crippen LogP contribution in [0.25, 0.3) is 0 Å². The Morgan fingerprint density at radius 2 is 2.33 bits per heavy atom. The summed E-state index contributed by atoms with van der Waals surface area (Å²) in [5, 5.41) is 3.10. The van der Waals surface area contributed by atoms with Gasteiger partial charge in [-0.2, -0.15) is 0 Å². The fourth-order valence-electron chi connectivity index (χ4n) is 1.15. The lowest BCUT2D eigenvalue weighted by Gasteiger charge is -2.17. The molecule has 0 aliphatic carbocycles. The summed E-state index contributed by atoms with van der Waals surface area (Å²) in [7, 11) is 3.48. The highest BCUT2D eigenvalue weighted by molar-refractivity contribution is 5.80. The van der Waals surface area contributed by atoms with Crippen LogP contribution >= 0.6 is 0 Å². The standard InChI is InChI=1S/C10H16N4O/c1-8(10(15)14(2)3)12-6-9-4-5-11-7-13-9/h4-5,7-8,12H,6H2,1-3H3. The minimum atomic E-state index is -0.199. The number of aromatic nitrogens is 2. The quantitative estimate of drug-likeness (QED) is 0.759. The van der Waals surface area contributed by atoms with Crippen molar-refractivity contribution in [3.8, 4) is 0 Å². The fourth-order valence-corrected chi connectivity index (χ4v) is 1.15. The monoisotopic (exact) mass is 208 g/mol. The van der Waals surface area contributed by atoms with E-state index in [-0.39, 0.29) is 11.9 Å². The van der Waals surface area contributed by atoms with E-state index in [0.717, 1.165) is 5.69 Å². The third kappa shape index (κ3) is 3.63. The zero-order valence-corrected chi connectivity index (χ0v) is 9.27. The van der Waals surface area contributed by atoms with Crippen LogP contribution in [-0.4, -0.2) is 40.9 Å². The molecule has 1 heterocycles. The minimum Gasteiger partial charge on any atom is -0.347 e. The van der Waals surface area contributed by atoms with Crippen LogP contribution in [0, 0.1) is 0 Å². The van der Waals surface area contributed by atoms with Gasteiger partial charge < -0.3 is 10.2 Å². The number of amides is 1. The van der Waals surface area contributed by atoms with Gasteiger partial charge in [-0.1, -0.05) is 0 Å². The molecule has 0 saturated heterocycles. The summed E-state index contributed by atoms with van der Waals surface area (Å²) >= 11 is 0. The smallest absolute Gasteiger partial charge is 0.238 e. The second-order valence-corrected chi connectivity index (χ2v) is 3.54. The Balaban J connectivity index is 2.41. The maximum atomic E-state index is 11.5. The lowest BCUT2D eigenvalue weighted by Crippen LogP contribution is -2.41. The first-order valence-corrected chi connectivity index (χ1v) is 4.80. The zero-order valence-electron chi connectivity index (χ0n) is 9.27. The molecule has 0 saturated carbocycles. The number of carbonyl (C=O) groups excluding carboxylic acids is 1. The van der Waals surface area contributed by atoms with Crippen molar-refractivity contribution in [2.24, 2.45) is 0 Å². The van der Waals surface area contributed by atoms with Crippen molar-refractivity contribution >= 4 is 5.91 Å². The molecule has 5 heteroatoms. The Morgan fingerprint density at radius 1 is 1.60 bits per heavy atom. The van der Waals surface area contributed by atoms with Crippen molar-refractivity contribution in [3.63, 3.8) is 0 Å². The topological polar surface area (TPSA) is 58.1 Å². The normalized spacial score (nSPS) is 12.2. The van der Waals surface area contributed by atoms with E-state index in [9.17, 15) is 4.79 Å². The Labute approximate surface area is 89.5 Å². The highest BCUT2D eigenvalue weighted by atomic mass is 16.2. The first-order valence-electron chi connectivity index (χ1n) is 4.80.